The molecule has 1 aromatic carbocycles. The normalized spacial score (nSPS) is 14.8. The molecule has 1 fully saturated rings. The molecule has 0 unspecified atom stereocenters. The Kier molecular flexibility index (Phi) is 8.68. The Labute approximate surface area is 179 Å². The van der Waals surface area contributed by atoms with Gasteiger partial charge in [-0.2, -0.15) is 0 Å². The van der Waals surface area contributed by atoms with Crippen LogP contribution < -0.4 is 10.6 Å². The van der Waals surface area contributed by atoms with Crippen LogP contribution >= 0.6 is 0 Å². The van der Waals surface area contributed by atoms with Gasteiger partial charge < -0.3 is 20.0 Å². The second kappa shape index (κ2) is 11.7. The summed E-state index contributed by atoms with van der Waals surface area (Å²) in [5.41, 5.74) is 1.65. The predicted molar refractivity (Wildman–Crippen MR) is 120 cm³/mol. The van der Waals surface area contributed by atoms with Crippen molar-refractivity contribution in [3.05, 3.63) is 24.3 Å². The SMILES string of the molecule is CCN(CC)CCCCNc1nnc(-c2ccc(NC(=O)C3CCCCC3)cc2)o1. The van der Waals surface area contributed by atoms with E-state index in [2.05, 4.69) is 39.6 Å². The quantitative estimate of drug-likeness (QED) is 0.515. The highest BCUT2D eigenvalue weighted by Crippen LogP contribution is 2.26. The Morgan fingerprint density at radius 1 is 1.07 bits per heavy atom. The van der Waals surface area contributed by atoms with Gasteiger partial charge in [0.25, 0.3) is 0 Å². The van der Waals surface area contributed by atoms with E-state index in [9.17, 15) is 4.79 Å². The van der Waals surface area contributed by atoms with Crippen LogP contribution in [0.3, 0.4) is 0 Å². The minimum absolute atomic E-state index is 0.132. The fourth-order valence-electron chi connectivity index (χ4n) is 3.91. The third-order valence-corrected chi connectivity index (χ3v) is 5.87. The van der Waals surface area contributed by atoms with Crippen LogP contribution in [0.1, 0.15) is 58.8 Å². The lowest BCUT2D eigenvalue weighted by Gasteiger charge is -2.20. The summed E-state index contributed by atoms with van der Waals surface area (Å²) >= 11 is 0. The van der Waals surface area contributed by atoms with E-state index in [1.807, 2.05) is 24.3 Å². The summed E-state index contributed by atoms with van der Waals surface area (Å²) < 4.78 is 5.72. The van der Waals surface area contributed by atoms with E-state index in [0.29, 0.717) is 11.9 Å². The largest absolute Gasteiger partial charge is 0.403 e. The zero-order valence-electron chi connectivity index (χ0n) is 18.3. The number of nitrogens with one attached hydrogen (secondary N) is 2. The molecular formula is C23H35N5O2. The summed E-state index contributed by atoms with van der Waals surface area (Å²) in [6.45, 7) is 8.51. The first-order chi connectivity index (χ1) is 14.7. The maximum absolute atomic E-state index is 12.4. The molecule has 1 aliphatic carbocycles. The number of nitrogens with zero attached hydrogens (tertiary/aromatic N) is 3. The monoisotopic (exact) mass is 413 g/mol. The van der Waals surface area contributed by atoms with Crippen molar-refractivity contribution in [2.45, 2.75) is 58.8 Å². The summed E-state index contributed by atoms with van der Waals surface area (Å²) in [4.78, 5) is 14.8. The van der Waals surface area contributed by atoms with Crippen LogP contribution in [0.5, 0.6) is 0 Å². The van der Waals surface area contributed by atoms with Gasteiger partial charge in [0, 0.05) is 23.7 Å². The van der Waals surface area contributed by atoms with Gasteiger partial charge in [-0.1, -0.05) is 38.2 Å². The molecule has 0 bridgehead atoms. The average Bonchev–Trinajstić information content (AvgIpc) is 3.26. The molecule has 2 N–H and O–H groups in total. The summed E-state index contributed by atoms with van der Waals surface area (Å²) in [6.07, 6.45) is 7.75. The van der Waals surface area contributed by atoms with Gasteiger partial charge in [0.05, 0.1) is 0 Å². The zero-order chi connectivity index (χ0) is 21.2. The summed E-state index contributed by atoms with van der Waals surface area (Å²) in [7, 11) is 0. The zero-order valence-corrected chi connectivity index (χ0v) is 18.3. The molecule has 164 valence electrons. The second-order valence-electron chi connectivity index (χ2n) is 7.97. The molecule has 2 aromatic rings. The van der Waals surface area contributed by atoms with Crippen molar-refractivity contribution in [3.63, 3.8) is 0 Å². The Bertz CT molecular complexity index is 764. The van der Waals surface area contributed by atoms with Gasteiger partial charge in [-0.15, -0.1) is 5.10 Å². The van der Waals surface area contributed by atoms with Crippen molar-refractivity contribution < 1.29 is 9.21 Å². The van der Waals surface area contributed by atoms with Gasteiger partial charge in [-0.05, 0) is 69.6 Å². The minimum Gasteiger partial charge on any atom is -0.403 e. The van der Waals surface area contributed by atoms with Gasteiger partial charge >= 0.3 is 6.01 Å². The highest BCUT2D eigenvalue weighted by molar-refractivity contribution is 5.92. The predicted octanol–water partition coefficient (Wildman–Crippen LogP) is 4.79. The molecule has 0 saturated heterocycles. The molecular weight excluding hydrogens is 378 g/mol. The van der Waals surface area contributed by atoms with E-state index < -0.39 is 0 Å². The molecule has 1 aromatic heterocycles. The highest BCUT2D eigenvalue weighted by atomic mass is 16.4. The number of benzene rings is 1. The van der Waals surface area contributed by atoms with E-state index in [1.54, 1.807) is 0 Å². The van der Waals surface area contributed by atoms with E-state index >= 15 is 0 Å². The van der Waals surface area contributed by atoms with Gasteiger partial charge in [0.15, 0.2) is 0 Å². The first kappa shape index (κ1) is 22.3. The van der Waals surface area contributed by atoms with Crippen LogP contribution in [0.25, 0.3) is 11.5 Å². The number of aromatic nitrogens is 2. The molecule has 1 saturated carbocycles. The molecule has 1 aliphatic rings. The molecule has 0 radical (unpaired) electrons. The second-order valence-corrected chi connectivity index (χ2v) is 7.97. The maximum Gasteiger partial charge on any atom is 0.315 e. The Morgan fingerprint density at radius 2 is 1.80 bits per heavy atom. The number of carbonyl (C=O) groups is 1. The number of hydrogen-bond donors (Lipinski definition) is 2. The minimum atomic E-state index is 0.132. The molecule has 0 spiro atoms. The first-order valence-electron chi connectivity index (χ1n) is 11.4. The molecule has 1 heterocycles. The van der Waals surface area contributed by atoms with Gasteiger partial charge in [-0.25, -0.2) is 0 Å². The van der Waals surface area contributed by atoms with Crippen molar-refractivity contribution >= 4 is 17.6 Å². The lowest BCUT2D eigenvalue weighted by atomic mass is 9.88. The van der Waals surface area contributed by atoms with E-state index in [0.717, 1.165) is 76.0 Å². The number of hydrogen-bond acceptors (Lipinski definition) is 6. The number of rotatable bonds is 11. The molecule has 0 aliphatic heterocycles. The van der Waals surface area contributed by atoms with Crippen LogP contribution in [-0.2, 0) is 4.79 Å². The van der Waals surface area contributed by atoms with Crippen molar-refractivity contribution in [2.75, 3.05) is 36.8 Å². The molecule has 0 atom stereocenters. The number of anilines is 2. The Hall–Kier alpha value is -2.41. The van der Waals surface area contributed by atoms with Crippen LogP contribution in [0.15, 0.2) is 28.7 Å². The van der Waals surface area contributed by atoms with E-state index in [4.69, 9.17) is 4.42 Å². The summed E-state index contributed by atoms with van der Waals surface area (Å²) in [5.74, 6) is 0.758. The van der Waals surface area contributed by atoms with E-state index in [-0.39, 0.29) is 11.8 Å². The molecule has 30 heavy (non-hydrogen) atoms. The Morgan fingerprint density at radius 3 is 2.50 bits per heavy atom. The van der Waals surface area contributed by atoms with Crippen LogP contribution in [0.4, 0.5) is 11.7 Å². The lowest BCUT2D eigenvalue weighted by Crippen LogP contribution is -2.24. The van der Waals surface area contributed by atoms with Crippen molar-refractivity contribution in [3.8, 4) is 11.5 Å². The third-order valence-electron chi connectivity index (χ3n) is 5.87. The smallest absolute Gasteiger partial charge is 0.315 e. The van der Waals surface area contributed by atoms with Crippen LogP contribution in [0, 0.1) is 5.92 Å². The van der Waals surface area contributed by atoms with Crippen molar-refractivity contribution in [1.82, 2.24) is 15.1 Å². The van der Waals surface area contributed by atoms with Crippen molar-refractivity contribution in [1.29, 1.82) is 0 Å². The maximum atomic E-state index is 12.4. The summed E-state index contributed by atoms with van der Waals surface area (Å²) in [5, 5.41) is 14.4. The topological polar surface area (TPSA) is 83.3 Å². The highest BCUT2D eigenvalue weighted by Gasteiger charge is 2.21. The molecule has 7 nitrogen and oxygen atoms in total. The average molecular weight is 414 g/mol. The number of amides is 1. The lowest BCUT2D eigenvalue weighted by molar-refractivity contribution is -0.120. The van der Waals surface area contributed by atoms with Crippen molar-refractivity contribution in [2.24, 2.45) is 5.92 Å². The standard InChI is InChI=1S/C23H35N5O2/c1-3-28(4-2)17-9-8-16-24-23-27-26-22(30-23)19-12-14-20(15-13-19)25-21(29)18-10-6-5-7-11-18/h12-15,18H,3-11,16-17H2,1-2H3,(H,24,27)(H,25,29). The van der Waals surface area contributed by atoms with E-state index in [1.165, 1.54) is 6.42 Å². The third kappa shape index (κ3) is 6.55. The van der Waals surface area contributed by atoms with Gasteiger partial charge in [0.1, 0.15) is 0 Å². The number of unbranched alkanes of at least 4 members (excludes halogenated alkanes) is 1. The molecule has 7 heteroatoms. The molecule has 1 amide bonds. The molecule has 3 rings (SSSR count). The fourth-order valence-corrected chi connectivity index (χ4v) is 3.91. The first-order valence-corrected chi connectivity index (χ1v) is 11.4. The van der Waals surface area contributed by atoms with Crippen LogP contribution in [0.2, 0.25) is 0 Å². The fraction of sp³-hybridized carbons (Fsp3) is 0.609. The van der Waals surface area contributed by atoms with Crippen LogP contribution in [-0.4, -0.2) is 47.2 Å². The summed E-state index contributed by atoms with van der Waals surface area (Å²) in [6, 6.07) is 8.03. The Balaban J connectivity index is 1.44. The van der Waals surface area contributed by atoms with Gasteiger partial charge in [0.2, 0.25) is 11.8 Å². The number of carbonyl (C=O) groups excluding carboxylic acids is 1. The van der Waals surface area contributed by atoms with Gasteiger partial charge in [-0.3, -0.25) is 4.79 Å².